The van der Waals surface area contributed by atoms with E-state index in [4.69, 9.17) is 5.73 Å². The molecule has 0 amide bonds. The smallest absolute Gasteiger partial charge is 0.250 e. The van der Waals surface area contributed by atoms with Gasteiger partial charge in [0, 0.05) is 12.1 Å². The molecule has 15 heavy (non-hydrogen) atoms. The van der Waals surface area contributed by atoms with Crippen LogP contribution in [0.15, 0.2) is 15.7 Å². The van der Waals surface area contributed by atoms with Gasteiger partial charge in [-0.3, -0.25) is 0 Å². The van der Waals surface area contributed by atoms with E-state index >= 15 is 0 Å². The molecule has 0 radical (unpaired) electrons. The Bertz CT molecular complexity index is 429. The van der Waals surface area contributed by atoms with Gasteiger partial charge < -0.3 is 5.73 Å². The second kappa shape index (κ2) is 4.21. The van der Waals surface area contributed by atoms with Gasteiger partial charge in [-0.25, -0.2) is 13.1 Å². The molecule has 1 rings (SSSR count). The molecule has 0 unspecified atom stereocenters. The molecule has 0 fully saturated rings. The molecule has 0 aliphatic carbocycles. The van der Waals surface area contributed by atoms with E-state index in [1.165, 1.54) is 11.3 Å². The molecule has 0 bridgehead atoms. The van der Waals surface area contributed by atoms with Gasteiger partial charge in [0.1, 0.15) is 4.21 Å². The predicted molar refractivity (Wildman–Crippen MR) is 62.5 cm³/mol. The first-order chi connectivity index (χ1) is 6.72. The van der Waals surface area contributed by atoms with Gasteiger partial charge >= 0.3 is 0 Å². The zero-order chi connectivity index (χ0) is 11.7. The highest BCUT2D eigenvalue weighted by Gasteiger charge is 2.21. The van der Waals surface area contributed by atoms with Crippen LogP contribution in [0, 0.1) is 6.92 Å². The van der Waals surface area contributed by atoms with Crippen LogP contribution in [0.2, 0.25) is 0 Å². The highest BCUT2D eigenvalue weighted by molar-refractivity contribution is 7.91. The topological polar surface area (TPSA) is 72.2 Å². The van der Waals surface area contributed by atoms with Crippen LogP contribution >= 0.6 is 11.3 Å². The molecule has 6 heteroatoms. The number of thiophene rings is 1. The van der Waals surface area contributed by atoms with Crippen LogP contribution in [0.5, 0.6) is 0 Å². The van der Waals surface area contributed by atoms with Crippen molar-refractivity contribution in [3.63, 3.8) is 0 Å². The van der Waals surface area contributed by atoms with E-state index in [2.05, 4.69) is 4.72 Å². The third-order valence-electron chi connectivity index (χ3n) is 1.78. The van der Waals surface area contributed by atoms with Gasteiger partial charge in [0.25, 0.3) is 0 Å². The van der Waals surface area contributed by atoms with E-state index < -0.39 is 15.6 Å². The van der Waals surface area contributed by atoms with Crippen molar-refractivity contribution < 1.29 is 8.42 Å². The summed E-state index contributed by atoms with van der Waals surface area (Å²) in [4.78, 5) is 0. The second-order valence-electron chi connectivity index (χ2n) is 4.20. The third-order valence-corrected chi connectivity index (χ3v) is 4.87. The third kappa shape index (κ3) is 3.57. The van der Waals surface area contributed by atoms with Crippen molar-refractivity contribution in [3.8, 4) is 0 Å². The number of nitrogens with two attached hydrogens (primary N) is 1. The fraction of sp³-hybridized carbons (Fsp3) is 0.556. The first-order valence-corrected chi connectivity index (χ1v) is 6.91. The maximum absolute atomic E-state index is 11.8. The van der Waals surface area contributed by atoms with Crippen molar-refractivity contribution in [2.75, 3.05) is 6.54 Å². The number of sulfonamides is 1. The lowest BCUT2D eigenvalue weighted by Gasteiger charge is -2.18. The summed E-state index contributed by atoms with van der Waals surface area (Å²) in [5.74, 6) is 0. The summed E-state index contributed by atoms with van der Waals surface area (Å²) in [7, 11) is -3.39. The highest BCUT2D eigenvalue weighted by Crippen LogP contribution is 2.21. The molecule has 0 saturated heterocycles. The van der Waals surface area contributed by atoms with Gasteiger partial charge in [0.15, 0.2) is 0 Å². The lowest BCUT2D eigenvalue weighted by molar-refractivity contribution is 0.498. The van der Waals surface area contributed by atoms with E-state index in [0.29, 0.717) is 4.21 Å². The van der Waals surface area contributed by atoms with Crippen molar-refractivity contribution in [3.05, 3.63) is 17.0 Å². The summed E-state index contributed by atoms with van der Waals surface area (Å²) in [5.41, 5.74) is 5.93. The van der Waals surface area contributed by atoms with Gasteiger partial charge in [0.2, 0.25) is 10.0 Å². The second-order valence-corrected chi connectivity index (χ2v) is 7.08. The van der Waals surface area contributed by atoms with Crippen molar-refractivity contribution in [1.29, 1.82) is 0 Å². The number of nitrogens with one attached hydrogen (secondary N) is 1. The molecule has 1 heterocycles. The SMILES string of the molecule is Cc1ccsc1S(=O)(=O)NCC(C)(C)N. The van der Waals surface area contributed by atoms with Gasteiger partial charge in [-0.15, -0.1) is 11.3 Å². The minimum absolute atomic E-state index is 0.229. The Morgan fingerprint density at radius 3 is 2.53 bits per heavy atom. The van der Waals surface area contributed by atoms with Crippen molar-refractivity contribution in [2.24, 2.45) is 5.73 Å². The Morgan fingerprint density at radius 2 is 2.13 bits per heavy atom. The average molecular weight is 248 g/mol. The minimum Gasteiger partial charge on any atom is -0.324 e. The number of rotatable bonds is 4. The van der Waals surface area contributed by atoms with Gasteiger partial charge in [-0.2, -0.15) is 0 Å². The van der Waals surface area contributed by atoms with Crippen molar-refractivity contribution >= 4 is 21.4 Å². The Morgan fingerprint density at radius 1 is 1.53 bits per heavy atom. The monoisotopic (exact) mass is 248 g/mol. The van der Waals surface area contributed by atoms with Crippen molar-refractivity contribution in [2.45, 2.75) is 30.5 Å². The molecule has 86 valence electrons. The summed E-state index contributed by atoms with van der Waals surface area (Å²) < 4.78 is 26.5. The summed E-state index contributed by atoms with van der Waals surface area (Å²) in [6, 6.07) is 1.78. The Labute approximate surface area is 94.5 Å². The summed E-state index contributed by atoms with van der Waals surface area (Å²) in [5, 5.41) is 1.76. The molecule has 0 aromatic carbocycles. The van der Waals surface area contributed by atoms with Crippen LogP contribution < -0.4 is 10.5 Å². The average Bonchev–Trinajstić information content (AvgIpc) is 2.47. The Kier molecular flexibility index (Phi) is 3.55. The van der Waals surface area contributed by atoms with E-state index in [1.807, 2.05) is 0 Å². The van der Waals surface area contributed by atoms with E-state index in [0.717, 1.165) is 5.56 Å². The molecule has 0 atom stereocenters. The van der Waals surface area contributed by atoms with E-state index in [9.17, 15) is 8.42 Å². The zero-order valence-corrected chi connectivity index (χ0v) is 10.7. The normalized spacial score (nSPS) is 13.1. The van der Waals surface area contributed by atoms with Crippen LogP contribution in [-0.2, 0) is 10.0 Å². The number of hydrogen-bond donors (Lipinski definition) is 2. The van der Waals surface area contributed by atoms with Crippen LogP contribution in [0.4, 0.5) is 0 Å². The highest BCUT2D eigenvalue weighted by atomic mass is 32.2. The van der Waals surface area contributed by atoms with Gasteiger partial charge in [-0.05, 0) is 37.8 Å². The van der Waals surface area contributed by atoms with E-state index in [-0.39, 0.29) is 6.54 Å². The molecule has 0 aliphatic heterocycles. The molecular formula is C9H16N2O2S2. The minimum atomic E-state index is -3.39. The lowest BCUT2D eigenvalue weighted by Crippen LogP contribution is -2.44. The van der Waals surface area contributed by atoms with Gasteiger partial charge in [0.05, 0.1) is 0 Å². The summed E-state index contributed by atoms with van der Waals surface area (Å²) in [6.07, 6.45) is 0. The Hall–Kier alpha value is -0.430. The number of aryl methyl sites for hydroxylation is 1. The number of hydrogen-bond acceptors (Lipinski definition) is 4. The Balaban J connectivity index is 2.82. The molecule has 1 aromatic heterocycles. The largest absolute Gasteiger partial charge is 0.324 e. The fourth-order valence-electron chi connectivity index (χ4n) is 0.981. The predicted octanol–water partition coefficient (Wildman–Crippen LogP) is 1.07. The summed E-state index contributed by atoms with van der Waals surface area (Å²) in [6.45, 7) is 5.55. The molecule has 0 aliphatic rings. The zero-order valence-electron chi connectivity index (χ0n) is 9.07. The van der Waals surface area contributed by atoms with Crippen LogP contribution in [-0.4, -0.2) is 20.5 Å². The van der Waals surface area contributed by atoms with Crippen LogP contribution in [0.1, 0.15) is 19.4 Å². The molecule has 3 N–H and O–H groups in total. The van der Waals surface area contributed by atoms with Crippen LogP contribution in [0.3, 0.4) is 0 Å². The standard InChI is InChI=1S/C9H16N2O2S2/c1-7-4-5-14-8(7)15(12,13)11-6-9(2,3)10/h4-5,11H,6,10H2,1-3H3. The molecule has 0 spiro atoms. The van der Waals surface area contributed by atoms with E-state index in [1.54, 1.807) is 32.2 Å². The first kappa shape index (κ1) is 12.6. The summed E-state index contributed by atoms with van der Waals surface area (Å²) >= 11 is 1.22. The van der Waals surface area contributed by atoms with Gasteiger partial charge in [-0.1, -0.05) is 0 Å². The molecule has 4 nitrogen and oxygen atoms in total. The lowest BCUT2D eigenvalue weighted by atomic mass is 10.1. The van der Waals surface area contributed by atoms with Crippen LogP contribution in [0.25, 0.3) is 0 Å². The maximum Gasteiger partial charge on any atom is 0.250 e. The molecule has 1 aromatic rings. The molecular weight excluding hydrogens is 232 g/mol. The maximum atomic E-state index is 11.8. The molecule has 0 saturated carbocycles. The fourth-order valence-corrected chi connectivity index (χ4v) is 3.67. The quantitative estimate of drug-likeness (QED) is 0.837. The first-order valence-electron chi connectivity index (χ1n) is 4.55. The van der Waals surface area contributed by atoms with Crippen molar-refractivity contribution in [1.82, 2.24) is 4.72 Å².